The molecule has 37 heavy (non-hydrogen) atoms. The van der Waals surface area contributed by atoms with E-state index < -0.39 is 65.1 Å². The summed E-state index contributed by atoms with van der Waals surface area (Å²) in [5, 5.41) is 0. The van der Waals surface area contributed by atoms with Crippen LogP contribution in [0.2, 0.25) is 0 Å². The molecule has 2 saturated heterocycles. The molecule has 7 rings (SSSR count). The van der Waals surface area contributed by atoms with Crippen LogP contribution in [-0.2, 0) is 28.7 Å². The molecule has 0 N–H and O–H groups in total. The van der Waals surface area contributed by atoms with E-state index in [0.29, 0.717) is 11.4 Å². The number of imide groups is 2. The van der Waals surface area contributed by atoms with Crippen LogP contribution in [0.25, 0.3) is 0 Å². The first-order valence-corrected chi connectivity index (χ1v) is 12.5. The summed E-state index contributed by atoms with van der Waals surface area (Å²) in [6, 6.07) is 14.2. The van der Waals surface area contributed by atoms with Gasteiger partial charge in [-0.15, -0.1) is 0 Å². The Morgan fingerprint density at radius 2 is 1.14 bits per heavy atom. The molecule has 188 valence electrons. The Kier molecular flexibility index (Phi) is 5.19. The average molecular weight is 499 g/mol. The number of para-hydroxylation sites is 2. The number of hydrogen-bond donors (Lipinski definition) is 0. The van der Waals surface area contributed by atoms with Gasteiger partial charge >= 0.3 is 5.97 Å². The Balaban J connectivity index is 1.49. The van der Waals surface area contributed by atoms with E-state index in [4.69, 9.17) is 4.74 Å². The predicted molar refractivity (Wildman–Crippen MR) is 133 cm³/mol. The van der Waals surface area contributed by atoms with Crippen molar-refractivity contribution in [1.29, 1.82) is 0 Å². The van der Waals surface area contributed by atoms with Crippen molar-refractivity contribution in [2.45, 2.75) is 20.8 Å². The van der Waals surface area contributed by atoms with Crippen LogP contribution in [0.1, 0.15) is 18.1 Å². The molecular formula is C29H26N2O6. The summed E-state index contributed by atoms with van der Waals surface area (Å²) in [5.41, 5.74) is 2.69. The largest absolute Gasteiger partial charge is 0.463 e. The lowest BCUT2D eigenvalue weighted by Crippen LogP contribution is -2.53. The minimum Gasteiger partial charge on any atom is -0.463 e. The van der Waals surface area contributed by atoms with E-state index in [-0.39, 0.29) is 12.2 Å². The van der Waals surface area contributed by atoms with Crippen LogP contribution in [0.4, 0.5) is 11.4 Å². The van der Waals surface area contributed by atoms with Gasteiger partial charge < -0.3 is 4.74 Å². The maximum absolute atomic E-state index is 13.9. The van der Waals surface area contributed by atoms with Crippen molar-refractivity contribution in [2.24, 2.45) is 35.5 Å². The van der Waals surface area contributed by atoms with Crippen molar-refractivity contribution >= 4 is 41.0 Å². The van der Waals surface area contributed by atoms with E-state index in [2.05, 4.69) is 0 Å². The summed E-state index contributed by atoms with van der Waals surface area (Å²) in [5.74, 6) is -7.48. The Morgan fingerprint density at radius 3 is 1.57 bits per heavy atom. The van der Waals surface area contributed by atoms with Gasteiger partial charge in [0.05, 0.1) is 41.7 Å². The first kappa shape index (κ1) is 23.3. The summed E-state index contributed by atoms with van der Waals surface area (Å²) < 4.78 is 5.29. The zero-order valence-electron chi connectivity index (χ0n) is 20.7. The molecule has 0 radical (unpaired) electrons. The molecule has 2 aliphatic heterocycles. The molecule has 8 heteroatoms. The lowest BCUT2D eigenvalue weighted by molar-refractivity contribution is -0.146. The molecule has 2 heterocycles. The maximum atomic E-state index is 13.9. The molecule has 5 aliphatic rings. The molecule has 8 nitrogen and oxygen atoms in total. The summed E-state index contributed by atoms with van der Waals surface area (Å²) in [6.45, 7) is 5.44. The second kappa shape index (κ2) is 8.23. The van der Waals surface area contributed by atoms with Gasteiger partial charge in [0.25, 0.3) is 0 Å². The molecule has 4 amide bonds. The third-order valence-corrected chi connectivity index (χ3v) is 8.35. The Hall–Kier alpha value is -4.07. The number of carbonyl (C=O) groups excluding carboxylic acids is 5. The highest BCUT2D eigenvalue weighted by Gasteiger charge is 2.71. The first-order chi connectivity index (χ1) is 17.8. The van der Waals surface area contributed by atoms with Crippen molar-refractivity contribution in [2.75, 3.05) is 16.4 Å². The maximum Gasteiger partial charge on any atom is 0.334 e. The number of benzene rings is 2. The number of ether oxygens (including phenoxy) is 1. The molecule has 2 aromatic carbocycles. The molecular weight excluding hydrogens is 472 g/mol. The van der Waals surface area contributed by atoms with Gasteiger partial charge in [0, 0.05) is 17.4 Å². The number of nitrogens with zero attached hydrogens (tertiary/aromatic N) is 2. The highest BCUT2D eigenvalue weighted by atomic mass is 16.5. The number of amides is 4. The third kappa shape index (κ3) is 3.04. The van der Waals surface area contributed by atoms with Crippen LogP contribution in [-0.4, -0.2) is 36.2 Å². The van der Waals surface area contributed by atoms with Crippen LogP contribution < -0.4 is 9.80 Å². The Morgan fingerprint density at radius 1 is 0.703 bits per heavy atom. The molecule has 1 saturated carbocycles. The van der Waals surface area contributed by atoms with Crippen molar-refractivity contribution in [3.05, 3.63) is 71.3 Å². The average Bonchev–Trinajstić information content (AvgIpc) is 3.31. The summed E-state index contributed by atoms with van der Waals surface area (Å²) in [4.78, 5) is 70.9. The minimum atomic E-state index is -0.921. The van der Waals surface area contributed by atoms with Gasteiger partial charge in [0.2, 0.25) is 23.6 Å². The Labute approximate surface area is 213 Å². The number of rotatable bonds is 4. The SMILES string of the molecule is CCOC(=O)C1=CC2[C@H]3C(=O)N(c4ccccc4C)C(=O)[C@@H]3C1[C@H]1C(=O)N(c3ccccc3C)C(=O)[C@@H]21. The monoisotopic (exact) mass is 498 g/mol. The molecule has 3 fully saturated rings. The topological polar surface area (TPSA) is 101 Å². The van der Waals surface area contributed by atoms with Gasteiger partial charge in [-0.05, 0) is 44.0 Å². The molecule has 2 aromatic rings. The molecule has 3 aliphatic carbocycles. The van der Waals surface area contributed by atoms with Crippen molar-refractivity contribution in [3.63, 3.8) is 0 Å². The molecule has 2 unspecified atom stereocenters. The second-order valence-corrected chi connectivity index (χ2v) is 10.1. The molecule has 0 spiro atoms. The predicted octanol–water partition coefficient (Wildman–Crippen LogP) is 2.96. The summed E-state index contributed by atoms with van der Waals surface area (Å²) in [7, 11) is 0. The number of hydrogen-bond acceptors (Lipinski definition) is 6. The van der Waals surface area contributed by atoms with Crippen LogP contribution >= 0.6 is 0 Å². The van der Waals surface area contributed by atoms with E-state index in [1.165, 1.54) is 9.80 Å². The summed E-state index contributed by atoms with van der Waals surface area (Å²) >= 11 is 0. The molecule has 0 aromatic heterocycles. The minimum absolute atomic E-state index is 0.125. The highest BCUT2D eigenvalue weighted by molar-refractivity contribution is 6.27. The second-order valence-electron chi connectivity index (χ2n) is 10.1. The lowest BCUT2D eigenvalue weighted by atomic mass is 9.52. The van der Waals surface area contributed by atoms with E-state index in [1.54, 1.807) is 37.3 Å². The van der Waals surface area contributed by atoms with Crippen molar-refractivity contribution < 1.29 is 28.7 Å². The Bertz CT molecular complexity index is 1340. The first-order valence-electron chi connectivity index (χ1n) is 12.5. The van der Waals surface area contributed by atoms with Crippen LogP contribution in [0.5, 0.6) is 0 Å². The quantitative estimate of drug-likeness (QED) is 0.475. The van der Waals surface area contributed by atoms with E-state index in [9.17, 15) is 24.0 Å². The van der Waals surface area contributed by atoms with Crippen molar-refractivity contribution in [3.8, 4) is 0 Å². The lowest BCUT2D eigenvalue weighted by Gasteiger charge is -2.46. The normalized spacial score (nSPS) is 30.0. The molecule has 2 bridgehead atoms. The van der Waals surface area contributed by atoms with Gasteiger partial charge in [-0.1, -0.05) is 42.5 Å². The fourth-order valence-electron chi connectivity index (χ4n) is 6.87. The third-order valence-electron chi connectivity index (χ3n) is 8.35. The van der Waals surface area contributed by atoms with Gasteiger partial charge in [-0.3, -0.25) is 19.2 Å². The number of esters is 1. The summed E-state index contributed by atoms with van der Waals surface area (Å²) in [6.07, 6.45) is 1.63. The standard InChI is InChI=1S/C29H26N2O6/c1-4-37-29(36)17-13-16-21-23(27(34)30(25(21)32)18-11-7-5-9-14(18)2)20(17)24-22(16)26(33)31(28(24)35)19-12-8-6-10-15(19)3/h5-13,16,20-24H,4H2,1-3H3/t16?,20?,21-,22+,23-,24-/m1/s1. The zero-order chi connectivity index (χ0) is 26.2. The van der Waals surface area contributed by atoms with Gasteiger partial charge in [0.1, 0.15) is 0 Å². The number of allylic oxidation sites excluding steroid dienone is 1. The number of aryl methyl sites for hydroxylation is 2. The smallest absolute Gasteiger partial charge is 0.334 e. The number of anilines is 2. The van der Waals surface area contributed by atoms with Crippen molar-refractivity contribution in [1.82, 2.24) is 0 Å². The molecule has 6 atom stereocenters. The fourth-order valence-corrected chi connectivity index (χ4v) is 6.87. The van der Waals surface area contributed by atoms with Gasteiger partial charge in [0.15, 0.2) is 0 Å². The van der Waals surface area contributed by atoms with E-state index in [0.717, 1.165) is 11.1 Å². The fraction of sp³-hybridized carbons (Fsp3) is 0.345. The number of carbonyl (C=O) groups is 5. The van der Waals surface area contributed by atoms with Crippen LogP contribution in [0, 0.1) is 49.4 Å². The van der Waals surface area contributed by atoms with Crippen LogP contribution in [0.3, 0.4) is 0 Å². The van der Waals surface area contributed by atoms with Gasteiger partial charge in [-0.2, -0.15) is 0 Å². The van der Waals surface area contributed by atoms with E-state index in [1.807, 2.05) is 38.1 Å². The van der Waals surface area contributed by atoms with Gasteiger partial charge in [-0.25, -0.2) is 14.6 Å². The highest BCUT2D eigenvalue weighted by Crippen LogP contribution is 2.61. The van der Waals surface area contributed by atoms with Crippen LogP contribution in [0.15, 0.2) is 60.2 Å². The zero-order valence-corrected chi connectivity index (χ0v) is 20.7. The van der Waals surface area contributed by atoms with E-state index >= 15 is 0 Å².